The molecule has 2 aromatic rings. The summed E-state index contributed by atoms with van der Waals surface area (Å²) in [5.74, 6) is 0.239. The van der Waals surface area contributed by atoms with Gasteiger partial charge in [0.1, 0.15) is 17.0 Å². The molecule has 0 saturated carbocycles. The van der Waals surface area contributed by atoms with E-state index < -0.39 is 17.5 Å². The van der Waals surface area contributed by atoms with E-state index in [0.29, 0.717) is 42.9 Å². The molecular weight excluding hydrogens is 387 g/mol. The Kier molecular flexibility index (Phi) is 6.07. The molecule has 9 heteroatoms. The van der Waals surface area contributed by atoms with Gasteiger partial charge in [-0.1, -0.05) is 13.0 Å². The first-order valence-corrected chi connectivity index (χ1v) is 9.32. The van der Waals surface area contributed by atoms with Crippen LogP contribution in [0.5, 0.6) is 5.75 Å². The smallest absolute Gasteiger partial charge is 0.433 e. The average Bonchev–Trinajstić information content (AvgIpc) is 2.68. The molecule has 1 atom stereocenters. The Morgan fingerprint density at radius 3 is 2.76 bits per heavy atom. The minimum Gasteiger partial charge on any atom is -0.493 e. The van der Waals surface area contributed by atoms with E-state index in [2.05, 4.69) is 9.97 Å². The predicted molar refractivity (Wildman–Crippen MR) is 98.1 cm³/mol. The summed E-state index contributed by atoms with van der Waals surface area (Å²) in [4.78, 5) is 21.8. The maximum Gasteiger partial charge on any atom is 0.433 e. The second kappa shape index (κ2) is 8.36. The fourth-order valence-electron chi connectivity index (χ4n) is 3.35. The van der Waals surface area contributed by atoms with Crippen molar-refractivity contribution in [2.24, 2.45) is 0 Å². The number of rotatable bonds is 6. The first kappa shape index (κ1) is 21.0. The maximum atomic E-state index is 12.8. The molecule has 3 heterocycles. The van der Waals surface area contributed by atoms with E-state index in [0.717, 1.165) is 12.3 Å². The van der Waals surface area contributed by atoms with Crippen molar-refractivity contribution in [2.75, 3.05) is 19.7 Å². The second-order valence-corrected chi connectivity index (χ2v) is 7.04. The van der Waals surface area contributed by atoms with Gasteiger partial charge in [-0.3, -0.25) is 14.8 Å². The zero-order valence-corrected chi connectivity index (χ0v) is 15.9. The largest absolute Gasteiger partial charge is 0.493 e. The number of halogens is 3. The number of nitrogens with zero attached hydrogens (tertiary/aromatic N) is 3. The molecule has 6 nitrogen and oxygen atoms in total. The van der Waals surface area contributed by atoms with Gasteiger partial charge < -0.3 is 14.7 Å². The van der Waals surface area contributed by atoms with Crippen LogP contribution in [-0.4, -0.2) is 45.6 Å². The highest BCUT2D eigenvalue weighted by Gasteiger charge is 2.38. The number of pyridine rings is 2. The van der Waals surface area contributed by atoms with Crippen LogP contribution in [0.25, 0.3) is 0 Å². The molecular formula is C20H22F3N3O3. The number of aliphatic hydroxyl groups is 1. The lowest BCUT2D eigenvalue weighted by Gasteiger charge is -2.38. The molecule has 0 spiro atoms. The Hall–Kier alpha value is -2.68. The average molecular weight is 409 g/mol. The molecule has 1 N–H and O–H groups in total. The molecule has 3 rings (SSSR count). The zero-order valence-electron chi connectivity index (χ0n) is 15.9. The molecule has 0 radical (unpaired) electrons. The van der Waals surface area contributed by atoms with Gasteiger partial charge in [-0.05, 0) is 24.1 Å². The molecule has 0 saturated heterocycles. The lowest BCUT2D eigenvalue weighted by Crippen LogP contribution is -2.47. The predicted octanol–water partition coefficient (Wildman–Crippen LogP) is 2.95. The molecule has 0 aromatic carbocycles. The number of ether oxygens (including phenoxy) is 1. The third kappa shape index (κ3) is 4.84. The number of amides is 1. The Morgan fingerprint density at radius 1 is 1.31 bits per heavy atom. The van der Waals surface area contributed by atoms with Crippen LogP contribution >= 0.6 is 0 Å². The van der Waals surface area contributed by atoms with Gasteiger partial charge in [0.05, 0.1) is 19.6 Å². The first-order valence-electron chi connectivity index (χ1n) is 9.32. The lowest BCUT2D eigenvalue weighted by molar-refractivity contribution is -0.141. The molecule has 0 fully saturated rings. The highest BCUT2D eigenvalue weighted by Crippen LogP contribution is 2.37. The van der Waals surface area contributed by atoms with E-state index in [1.54, 1.807) is 12.3 Å². The summed E-state index contributed by atoms with van der Waals surface area (Å²) in [5, 5.41) is 11.2. The van der Waals surface area contributed by atoms with Crippen molar-refractivity contribution in [1.29, 1.82) is 0 Å². The van der Waals surface area contributed by atoms with Crippen molar-refractivity contribution in [1.82, 2.24) is 14.9 Å². The summed E-state index contributed by atoms with van der Waals surface area (Å²) in [6, 6.07) is 3.78. The molecule has 29 heavy (non-hydrogen) atoms. The van der Waals surface area contributed by atoms with Crippen LogP contribution in [0.1, 0.15) is 36.6 Å². The molecule has 1 aliphatic rings. The molecule has 2 aromatic heterocycles. The third-order valence-corrected chi connectivity index (χ3v) is 4.82. The van der Waals surface area contributed by atoms with Crippen molar-refractivity contribution in [2.45, 2.75) is 38.0 Å². The number of carbonyl (C=O) groups is 1. The normalized spacial score (nSPS) is 18.7. The van der Waals surface area contributed by atoms with Gasteiger partial charge in [-0.2, -0.15) is 13.2 Å². The van der Waals surface area contributed by atoms with Crippen LogP contribution in [0.2, 0.25) is 0 Å². The van der Waals surface area contributed by atoms with E-state index in [1.165, 1.54) is 17.2 Å². The minimum absolute atomic E-state index is 0.0514. The molecule has 1 unspecified atom stereocenters. The van der Waals surface area contributed by atoms with Crippen molar-refractivity contribution in [3.8, 4) is 5.75 Å². The molecule has 156 valence electrons. The first-order chi connectivity index (χ1) is 13.7. The fourth-order valence-corrected chi connectivity index (χ4v) is 3.35. The highest BCUT2D eigenvalue weighted by atomic mass is 19.4. The van der Waals surface area contributed by atoms with Crippen LogP contribution < -0.4 is 4.74 Å². The number of fused-ring (bicyclic) bond motifs is 1. The van der Waals surface area contributed by atoms with Crippen molar-refractivity contribution in [3.63, 3.8) is 0 Å². The molecule has 0 aliphatic carbocycles. The zero-order chi connectivity index (χ0) is 21.1. The van der Waals surface area contributed by atoms with Crippen molar-refractivity contribution in [3.05, 3.63) is 53.6 Å². The summed E-state index contributed by atoms with van der Waals surface area (Å²) in [7, 11) is 0. The quantitative estimate of drug-likeness (QED) is 0.794. The Bertz CT molecular complexity index is 858. The van der Waals surface area contributed by atoms with Gasteiger partial charge in [0, 0.05) is 37.1 Å². The topological polar surface area (TPSA) is 75.6 Å². The summed E-state index contributed by atoms with van der Waals surface area (Å²) < 4.78 is 43.5. The SMILES string of the molecule is CCCN(CC1(O)CCOc2ccncc21)C(=O)Cc1ccc(C(F)(F)F)nc1. The van der Waals surface area contributed by atoms with Gasteiger partial charge in [-0.25, -0.2) is 0 Å². The Labute approximate surface area is 166 Å². The van der Waals surface area contributed by atoms with Crippen LogP contribution in [0.15, 0.2) is 36.8 Å². The minimum atomic E-state index is -4.52. The van der Waals surface area contributed by atoms with E-state index in [-0.39, 0.29) is 18.9 Å². The van der Waals surface area contributed by atoms with Gasteiger partial charge in [0.2, 0.25) is 5.91 Å². The van der Waals surface area contributed by atoms with Gasteiger partial charge >= 0.3 is 6.18 Å². The monoisotopic (exact) mass is 409 g/mol. The van der Waals surface area contributed by atoms with Crippen LogP contribution in [0.4, 0.5) is 13.2 Å². The van der Waals surface area contributed by atoms with Gasteiger partial charge in [0.15, 0.2) is 0 Å². The maximum absolute atomic E-state index is 12.8. The molecule has 0 bridgehead atoms. The van der Waals surface area contributed by atoms with E-state index >= 15 is 0 Å². The van der Waals surface area contributed by atoms with Crippen LogP contribution in [-0.2, 0) is 23.0 Å². The van der Waals surface area contributed by atoms with Gasteiger partial charge in [-0.15, -0.1) is 0 Å². The second-order valence-electron chi connectivity index (χ2n) is 7.04. The number of hydrogen-bond donors (Lipinski definition) is 1. The standard InChI is InChI=1S/C20H22F3N3O3/c1-2-8-26(13-19(28)6-9-29-16-5-7-24-12-15(16)19)18(27)10-14-3-4-17(25-11-14)20(21,22)23/h3-5,7,11-12,28H,2,6,8-10,13H2,1H3. The van der Waals surface area contributed by atoms with Gasteiger partial charge in [0.25, 0.3) is 0 Å². The van der Waals surface area contributed by atoms with Crippen LogP contribution in [0.3, 0.4) is 0 Å². The summed E-state index contributed by atoms with van der Waals surface area (Å²) >= 11 is 0. The van der Waals surface area contributed by atoms with E-state index in [4.69, 9.17) is 4.74 Å². The number of aromatic nitrogens is 2. The fraction of sp³-hybridized carbons (Fsp3) is 0.450. The third-order valence-electron chi connectivity index (χ3n) is 4.82. The van der Waals surface area contributed by atoms with E-state index in [9.17, 15) is 23.1 Å². The van der Waals surface area contributed by atoms with E-state index in [1.807, 2.05) is 6.92 Å². The summed E-state index contributed by atoms with van der Waals surface area (Å²) in [6.45, 7) is 2.68. The number of alkyl halides is 3. The lowest BCUT2D eigenvalue weighted by atomic mass is 9.88. The van der Waals surface area contributed by atoms with Crippen molar-refractivity contribution >= 4 is 5.91 Å². The van der Waals surface area contributed by atoms with Crippen LogP contribution in [0, 0.1) is 0 Å². The molecule has 1 aliphatic heterocycles. The Balaban J connectivity index is 1.75. The summed E-state index contributed by atoms with van der Waals surface area (Å²) in [6.07, 6.45) is 0.514. The van der Waals surface area contributed by atoms with Crippen molar-refractivity contribution < 1.29 is 27.8 Å². The Morgan fingerprint density at radius 2 is 2.10 bits per heavy atom. The molecule has 1 amide bonds. The summed E-state index contributed by atoms with van der Waals surface area (Å²) in [5.41, 5.74) is -1.40. The highest BCUT2D eigenvalue weighted by molar-refractivity contribution is 5.78. The number of carbonyl (C=O) groups excluding carboxylic acids is 1. The number of hydrogen-bond acceptors (Lipinski definition) is 5.